The van der Waals surface area contributed by atoms with Gasteiger partial charge in [-0.05, 0) is 26.4 Å². The number of hydrogen-bond donors (Lipinski definition) is 1. The first-order valence-corrected chi connectivity index (χ1v) is 7.95. The summed E-state index contributed by atoms with van der Waals surface area (Å²) in [7, 11) is 1.68. The van der Waals surface area contributed by atoms with Crippen LogP contribution >= 0.6 is 23.4 Å². The molecule has 0 radical (unpaired) electrons. The Kier molecular flexibility index (Phi) is 10.1. The van der Waals surface area contributed by atoms with E-state index in [1.54, 1.807) is 20.2 Å². The summed E-state index contributed by atoms with van der Waals surface area (Å²) in [4.78, 5) is 7.65. The molecular weight excluding hydrogens is 304 g/mol. The smallest absolute Gasteiger partial charge is 0.253 e. The number of thioether (sulfide) groups is 1. The molecule has 1 N–H and O–H groups in total. The van der Waals surface area contributed by atoms with Gasteiger partial charge in [-0.1, -0.05) is 18.5 Å². The molecule has 1 unspecified atom stereocenters. The lowest BCUT2D eigenvalue weighted by molar-refractivity contribution is -0.0629. The average Bonchev–Trinajstić information content (AvgIpc) is 2.40. The van der Waals surface area contributed by atoms with Gasteiger partial charge >= 0.3 is 0 Å². The largest absolute Gasteiger partial charge is 0.319 e. The topological polar surface area (TPSA) is 36.8 Å². The first-order chi connectivity index (χ1) is 9.42. The summed E-state index contributed by atoms with van der Waals surface area (Å²) in [5.74, 6) is -3.42. The minimum absolute atomic E-state index is 0.0323. The predicted molar refractivity (Wildman–Crippen MR) is 86.6 cm³/mol. The van der Waals surface area contributed by atoms with Gasteiger partial charge in [0.05, 0.1) is 5.03 Å². The van der Waals surface area contributed by atoms with E-state index in [-0.39, 0.29) is 13.0 Å². The van der Waals surface area contributed by atoms with Crippen molar-refractivity contribution in [1.29, 1.82) is 0 Å². The Morgan fingerprint density at radius 3 is 2.65 bits per heavy atom. The van der Waals surface area contributed by atoms with Gasteiger partial charge < -0.3 is 5.32 Å². The number of rotatable bonds is 9. The zero-order valence-corrected chi connectivity index (χ0v) is 13.7. The number of alkyl halides is 2. The van der Waals surface area contributed by atoms with Crippen molar-refractivity contribution in [2.24, 2.45) is 15.9 Å². The van der Waals surface area contributed by atoms with E-state index in [9.17, 15) is 8.78 Å². The zero-order valence-electron chi connectivity index (χ0n) is 12.1. The molecule has 0 rings (SSSR count). The lowest BCUT2D eigenvalue weighted by Crippen LogP contribution is -2.35. The van der Waals surface area contributed by atoms with Gasteiger partial charge in [-0.15, -0.1) is 11.8 Å². The van der Waals surface area contributed by atoms with Crippen molar-refractivity contribution >= 4 is 35.1 Å². The molecule has 0 amide bonds. The van der Waals surface area contributed by atoms with E-state index < -0.39 is 11.8 Å². The first kappa shape index (κ1) is 19.5. The van der Waals surface area contributed by atoms with Crippen LogP contribution < -0.4 is 5.32 Å². The Balaban J connectivity index is 4.65. The highest BCUT2D eigenvalue weighted by Gasteiger charge is 2.37. The highest BCUT2D eigenvalue weighted by atomic mass is 35.5. The third-order valence-electron chi connectivity index (χ3n) is 2.84. The first-order valence-electron chi connectivity index (χ1n) is 6.35. The van der Waals surface area contributed by atoms with Crippen LogP contribution in [0.4, 0.5) is 8.78 Å². The van der Waals surface area contributed by atoms with Crippen LogP contribution in [-0.4, -0.2) is 44.1 Å². The van der Waals surface area contributed by atoms with E-state index in [1.807, 2.05) is 0 Å². The van der Waals surface area contributed by atoms with Crippen LogP contribution in [0.15, 0.2) is 21.2 Å². The van der Waals surface area contributed by atoms with Crippen molar-refractivity contribution in [3.05, 3.63) is 11.2 Å². The summed E-state index contributed by atoms with van der Waals surface area (Å²) in [6, 6.07) is 0. The maximum absolute atomic E-state index is 14.0. The quantitative estimate of drug-likeness (QED) is 0.517. The van der Waals surface area contributed by atoms with E-state index in [0.29, 0.717) is 23.0 Å². The van der Waals surface area contributed by atoms with E-state index in [2.05, 4.69) is 22.0 Å². The molecule has 0 saturated heterocycles. The summed E-state index contributed by atoms with van der Waals surface area (Å²) in [6.45, 7) is 5.38. The number of aliphatic imine (C=N–C) groups is 2. The molecular formula is C13H22ClF2N3S. The van der Waals surface area contributed by atoms with Crippen molar-refractivity contribution in [1.82, 2.24) is 5.32 Å². The van der Waals surface area contributed by atoms with E-state index in [4.69, 9.17) is 11.6 Å². The standard InChI is InChI=1S/C13H22ClF2N3S/c1-5-10(8-17-2)13(15,16)6-7-19-12(20-4)11(14)9-18-3/h9-10,17H,3,5-8H2,1-2,4H3/b11-9+,19-12+. The average molecular weight is 326 g/mol. The zero-order chi connectivity index (χ0) is 15.6. The Hall–Kier alpha value is -0.460. The number of nitrogens with one attached hydrogen (secondary N) is 1. The molecule has 1 atom stereocenters. The van der Waals surface area contributed by atoms with Crippen LogP contribution in [0.25, 0.3) is 0 Å². The van der Waals surface area contributed by atoms with Crippen molar-refractivity contribution in [2.75, 3.05) is 26.4 Å². The van der Waals surface area contributed by atoms with Crippen LogP contribution in [-0.2, 0) is 0 Å². The Labute approximate surface area is 129 Å². The van der Waals surface area contributed by atoms with E-state index in [0.717, 1.165) is 0 Å². The fraction of sp³-hybridized carbons (Fsp3) is 0.692. The molecule has 0 aromatic carbocycles. The molecule has 0 fully saturated rings. The van der Waals surface area contributed by atoms with Crippen molar-refractivity contribution in [2.45, 2.75) is 25.7 Å². The number of halogens is 3. The molecule has 0 saturated carbocycles. The minimum Gasteiger partial charge on any atom is -0.319 e. The van der Waals surface area contributed by atoms with Crippen LogP contribution in [0, 0.1) is 5.92 Å². The number of hydrogen-bond acceptors (Lipinski definition) is 4. The summed E-state index contributed by atoms with van der Waals surface area (Å²) in [6.07, 6.45) is 3.27. The SMILES string of the molecule is C=N/C=C(Cl)\C(=N/CCC(F)(F)C(CC)CNC)SC. The third kappa shape index (κ3) is 6.81. The summed E-state index contributed by atoms with van der Waals surface area (Å²) >= 11 is 7.21. The van der Waals surface area contributed by atoms with Gasteiger partial charge in [-0.25, -0.2) is 8.78 Å². The molecule has 0 aliphatic rings. The van der Waals surface area contributed by atoms with Crippen molar-refractivity contribution in [3.8, 4) is 0 Å². The van der Waals surface area contributed by atoms with Gasteiger partial charge in [0.15, 0.2) is 0 Å². The maximum atomic E-state index is 14.0. The highest BCUT2D eigenvalue weighted by Crippen LogP contribution is 2.30. The molecule has 0 aliphatic carbocycles. The summed E-state index contributed by atoms with van der Waals surface area (Å²) in [5, 5.41) is 3.62. The molecule has 0 bridgehead atoms. The van der Waals surface area contributed by atoms with Gasteiger partial charge in [0.1, 0.15) is 5.04 Å². The third-order valence-corrected chi connectivity index (χ3v) is 3.97. The molecule has 0 aromatic heterocycles. The second-order valence-electron chi connectivity index (χ2n) is 4.22. The lowest BCUT2D eigenvalue weighted by atomic mass is 9.96. The van der Waals surface area contributed by atoms with Crippen LogP contribution in [0.2, 0.25) is 0 Å². The Morgan fingerprint density at radius 2 is 2.20 bits per heavy atom. The summed E-state index contributed by atoms with van der Waals surface area (Å²) < 4.78 is 28.0. The van der Waals surface area contributed by atoms with Gasteiger partial charge in [0.2, 0.25) is 0 Å². The van der Waals surface area contributed by atoms with Crippen molar-refractivity contribution in [3.63, 3.8) is 0 Å². The van der Waals surface area contributed by atoms with Gasteiger partial charge in [-0.3, -0.25) is 9.98 Å². The molecule has 20 heavy (non-hydrogen) atoms. The predicted octanol–water partition coefficient (Wildman–Crippen LogP) is 3.80. The summed E-state index contributed by atoms with van der Waals surface area (Å²) in [5.41, 5.74) is 0. The molecule has 0 spiro atoms. The van der Waals surface area contributed by atoms with Crippen molar-refractivity contribution < 1.29 is 8.78 Å². The Morgan fingerprint density at radius 1 is 1.55 bits per heavy atom. The van der Waals surface area contributed by atoms with Gasteiger partial charge in [0.25, 0.3) is 5.92 Å². The second kappa shape index (κ2) is 10.3. The lowest BCUT2D eigenvalue weighted by Gasteiger charge is -2.25. The molecule has 116 valence electrons. The second-order valence-corrected chi connectivity index (χ2v) is 5.43. The van der Waals surface area contributed by atoms with E-state index >= 15 is 0 Å². The minimum atomic E-state index is -2.74. The normalized spacial score (nSPS) is 15.3. The van der Waals surface area contributed by atoms with Crippen LogP contribution in [0.3, 0.4) is 0 Å². The fourth-order valence-electron chi connectivity index (χ4n) is 1.72. The monoisotopic (exact) mass is 325 g/mol. The van der Waals surface area contributed by atoms with Crippen LogP contribution in [0.1, 0.15) is 19.8 Å². The van der Waals surface area contributed by atoms with Gasteiger partial charge in [-0.2, -0.15) is 0 Å². The Bertz CT molecular complexity index is 360. The molecule has 0 aliphatic heterocycles. The van der Waals surface area contributed by atoms with Crippen LogP contribution in [0.5, 0.6) is 0 Å². The molecule has 0 heterocycles. The number of nitrogens with zero attached hydrogens (tertiary/aromatic N) is 2. The fourth-order valence-corrected chi connectivity index (χ4v) is 2.55. The maximum Gasteiger partial charge on any atom is 0.253 e. The highest BCUT2D eigenvalue weighted by molar-refractivity contribution is 8.14. The van der Waals surface area contributed by atoms with E-state index in [1.165, 1.54) is 18.0 Å². The molecule has 3 nitrogen and oxygen atoms in total. The van der Waals surface area contributed by atoms with Gasteiger partial charge in [0, 0.05) is 31.6 Å². The molecule has 0 aromatic rings. The molecule has 7 heteroatoms.